The lowest BCUT2D eigenvalue weighted by atomic mass is 10.0. The molecule has 0 amide bonds. The molecule has 6 nitrogen and oxygen atoms in total. The van der Waals surface area contributed by atoms with E-state index in [1.807, 2.05) is 0 Å². The van der Waals surface area contributed by atoms with Crippen LogP contribution in [0.15, 0.2) is 0 Å². The second-order valence-corrected chi connectivity index (χ2v) is 18.4. The summed E-state index contributed by atoms with van der Waals surface area (Å²) in [6.07, 6.45) is 43.7. The molecule has 0 radical (unpaired) electrons. The van der Waals surface area contributed by atoms with Crippen LogP contribution >= 0.6 is 0 Å². The Morgan fingerprint density at radius 3 is 0.860 bits per heavy atom. The molecule has 0 unspecified atom stereocenters. The molecule has 0 fully saturated rings. The maximum Gasteiger partial charge on any atom is 0.306 e. The third-order valence-corrected chi connectivity index (χ3v) is 11.5. The molecule has 0 aromatic heterocycles. The Balaban J connectivity index is 4.31. The van der Waals surface area contributed by atoms with E-state index in [4.69, 9.17) is 14.2 Å². The molecule has 0 heterocycles. The maximum atomic E-state index is 12.8. The van der Waals surface area contributed by atoms with Crippen molar-refractivity contribution in [3.8, 4) is 0 Å². The molecular formula is C51H98O6. The first-order chi connectivity index (χ1) is 27.7. The second-order valence-electron chi connectivity index (χ2n) is 18.4. The number of carbonyl (C=O) groups is 3. The summed E-state index contributed by atoms with van der Waals surface area (Å²) in [5.41, 5.74) is 0. The molecule has 0 aromatic rings. The van der Waals surface area contributed by atoms with Crippen molar-refractivity contribution in [3.05, 3.63) is 0 Å². The summed E-state index contributed by atoms with van der Waals surface area (Å²) in [5, 5.41) is 0. The van der Waals surface area contributed by atoms with E-state index in [9.17, 15) is 14.4 Å². The number of unbranched alkanes of at least 4 members (excludes halogenated alkanes) is 30. The summed E-state index contributed by atoms with van der Waals surface area (Å²) in [7, 11) is 0. The minimum atomic E-state index is -0.761. The number of hydrogen-bond acceptors (Lipinski definition) is 6. The number of carbonyl (C=O) groups excluding carboxylic acids is 3. The van der Waals surface area contributed by atoms with E-state index in [1.165, 1.54) is 167 Å². The van der Waals surface area contributed by atoms with E-state index in [1.54, 1.807) is 0 Å². The molecular weight excluding hydrogens is 709 g/mol. The Labute approximate surface area is 355 Å². The molecule has 0 aromatic carbocycles. The van der Waals surface area contributed by atoms with Crippen LogP contribution in [-0.2, 0) is 28.6 Å². The number of hydrogen-bond donors (Lipinski definition) is 0. The molecule has 0 rings (SSSR count). The molecule has 0 bridgehead atoms. The van der Waals surface area contributed by atoms with Gasteiger partial charge in [0, 0.05) is 19.3 Å². The van der Waals surface area contributed by atoms with Gasteiger partial charge in [-0.15, -0.1) is 0 Å². The predicted molar refractivity (Wildman–Crippen MR) is 243 cm³/mol. The summed E-state index contributed by atoms with van der Waals surface area (Å²) >= 11 is 0. The van der Waals surface area contributed by atoms with Gasteiger partial charge in [0.2, 0.25) is 0 Å². The summed E-state index contributed by atoms with van der Waals surface area (Å²) in [6, 6.07) is 0. The highest BCUT2D eigenvalue weighted by molar-refractivity contribution is 5.71. The fourth-order valence-electron chi connectivity index (χ4n) is 7.64. The largest absolute Gasteiger partial charge is 0.462 e. The average molecular weight is 807 g/mol. The van der Waals surface area contributed by atoms with E-state index in [0.717, 1.165) is 69.6 Å². The van der Waals surface area contributed by atoms with Crippen LogP contribution in [0.1, 0.15) is 279 Å². The summed E-state index contributed by atoms with van der Waals surface area (Å²) in [6.45, 7) is 11.3. The first kappa shape index (κ1) is 55.4. The number of esters is 3. The summed E-state index contributed by atoms with van der Waals surface area (Å²) in [4.78, 5) is 37.9. The van der Waals surface area contributed by atoms with Crippen molar-refractivity contribution < 1.29 is 28.6 Å². The van der Waals surface area contributed by atoms with Gasteiger partial charge in [-0.2, -0.15) is 0 Å². The Morgan fingerprint density at radius 1 is 0.333 bits per heavy atom. The minimum absolute atomic E-state index is 0.0641. The van der Waals surface area contributed by atoms with Crippen molar-refractivity contribution in [2.24, 2.45) is 11.8 Å². The smallest absolute Gasteiger partial charge is 0.306 e. The molecule has 0 spiro atoms. The molecule has 57 heavy (non-hydrogen) atoms. The van der Waals surface area contributed by atoms with E-state index in [0.29, 0.717) is 19.3 Å². The average Bonchev–Trinajstić information content (AvgIpc) is 3.18. The van der Waals surface area contributed by atoms with Gasteiger partial charge in [0.25, 0.3) is 0 Å². The van der Waals surface area contributed by atoms with Crippen molar-refractivity contribution >= 4 is 17.9 Å². The van der Waals surface area contributed by atoms with Crippen molar-refractivity contribution in [1.29, 1.82) is 0 Å². The third kappa shape index (κ3) is 45.3. The van der Waals surface area contributed by atoms with Gasteiger partial charge in [0.05, 0.1) is 0 Å². The fourth-order valence-corrected chi connectivity index (χ4v) is 7.64. The molecule has 0 saturated heterocycles. The van der Waals surface area contributed by atoms with Gasteiger partial charge in [-0.25, -0.2) is 0 Å². The Kier molecular flexibility index (Phi) is 42.7. The van der Waals surface area contributed by atoms with Crippen LogP contribution in [0.25, 0.3) is 0 Å². The van der Waals surface area contributed by atoms with Crippen molar-refractivity contribution in [3.63, 3.8) is 0 Å². The normalized spacial score (nSPS) is 12.1. The van der Waals surface area contributed by atoms with Crippen molar-refractivity contribution in [1.82, 2.24) is 0 Å². The van der Waals surface area contributed by atoms with Gasteiger partial charge < -0.3 is 14.2 Å². The summed E-state index contributed by atoms with van der Waals surface area (Å²) < 4.78 is 16.8. The first-order valence-electron chi connectivity index (χ1n) is 25.2. The first-order valence-corrected chi connectivity index (χ1v) is 25.2. The van der Waals surface area contributed by atoms with Gasteiger partial charge in [0.1, 0.15) is 13.2 Å². The highest BCUT2D eigenvalue weighted by Gasteiger charge is 2.19. The zero-order valence-corrected chi connectivity index (χ0v) is 39.0. The van der Waals surface area contributed by atoms with Crippen LogP contribution in [0.5, 0.6) is 0 Å². The molecule has 1 atom stereocenters. The van der Waals surface area contributed by atoms with E-state index in [-0.39, 0.29) is 31.1 Å². The molecule has 0 aliphatic rings. The Hall–Kier alpha value is -1.59. The van der Waals surface area contributed by atoms with Crippen molar-refractivity contribution in [2.75, 3.05) is 13.2 Å². The third-order valence-electron chi connectivity index (χ3n) is 11.5. The quantitative estimate of drug-likeness (QED) is 0.0346. The topological polar surface area (TPSA) is 78.9 Å². The van der Waals surface area contributed by atoms with Crippen molar-refractivity contribution in [2.45, 2.75) is 285 Å². The summed E-state index contributed by atoms with van der Waals surface area (Å²) in [5.74, 6) is 0.783. The Morgan fingerprint density at radius 2 is 0.579 bits per heavy atom. The fraction of sp³-hybridized carbons (Fsp3) is 0.941. The monoisotopic (exact) mass is 807 g/mol. The minimum Gasteiger partial charge on any atom is -0.462 e. The van der Waals surface area contributed by atoms with Crippen LogP contribution in [0.2, 0.25) is 0 Å². The molecule has 6 heteroatoms. The molecule has 0 N–H and O–H groups in total. The van der Waals surface area contributed by atoms with Crippen LogP contribution < -0.4 is 0 Å². The van der Waals surface area contributed by atoms with Gasteiger partial charge in [-0.1, -0.05) is 240 Å². The van der Waals surface area contributed by atoms with Crippen LogP contribution in [0.4, 0.5) is 0 Å². The highest BCUT2D eigenvalue weighted by Crippen LogP contribution is 2.17. The molecule has 0 saturated carbocycles. The number of ether oxygens (including phenoxy) is 3. The zero-order valence-electron chi connectivity index (χ0n) is 39.0. The SMILES string of the molecule is CCCCCCCCCCCCCCC(=O)OC[C@@H](COC(=O)CCCCCCCCCCC(C)C)OC(=O)CCCCCCCCCCCCCCCC(C)C. The van der Waals surface area contributed by atoms with Crippen LogP contribution in [0.3, 0.4) is 0 Å². The lowest BCUT2D eigenvalue weighted by Gasteiger charge is -2.18. The molecule has 338 valence electrons. The van der Waals surface area contributed by atoms with Gasteiger partial charge in [-0.05, 0) is 31.1 Å². The standard InChI is InChI=1S/C51H98O6/c1-6-7-8-9-10-11-12-17-20-26-31-36-41-49(52)55-44-48(45-56-50(53)42-37-32-27-23-22-25-30-35-40-47(4)5)57-51(54)43-38-33-28-21-18-15-13-14-16-19-24-29-34-39-46(2)3/h46-48H,6-45H2,1-5H3/t48-/m0/s1. The van der Waals surface area contributed by atoms with Gasteiger partial charge >= 0.3 is 17.9 Å². The Bertz CT molecular complexity index is 870. The van der Waals surface area contributed by atoms with Gasteiger partial charge in [-0.3, -0.25) is 14.4 Å². The molecule has 0 aliphatic carbocycles. The lowest BCUT2D eigenvalue weighted by Crippen LogP contribution is -2.30. The van der Waals surface area contributed by atoms with Crippen LogP contribution in [0, 0.1) is 11.8 Å². The van der Waals surface area contributed by atoms with E-state index >= 15 is 0 Å². The van der Waals surface area contributed by atoms with E-state index < -0.39 is 6.10 Å². The van der Waals surface area contributed by atoms with Crippen LogP contribution in [-0.4, -0.2) is 37.2 Å². The highest BCUT2D eigenvalue weighted by atomic mass is 16.6. The van der Waals surface area contributed by atoms with E-state index in [2.05, 4.69) is 34.6 Å². The number of rotatable bonds is 45. The maximum absolute atomic E-state index is 12.8. The predicted octanol–water partition coefficient (Wildman–Crippen LogP) is 16.1. The zero-order chi connectivity index (χ0) is 41.9. The second kappa shape index (κ2) is 44.0. The lowest BCUT2D eigenvalue weighted by molar-refractivity contribution is -0.167. The van der Waals surface area contributed by atoms with Gasteiger partial charge in [0.15, 0.2) is 6.10 Å². The molecule has 0 aliphatic heterocycles.